The average molecular weight is 779 g/mol. The van der Waals surface area contributed by atoms with Gasteiger partial charge in [-0.05, 0) is 77.0 Å². The van der Waals surface area contributed by atoms with Crippen molar-refractivity contribution in [2.75, 3.05) is 19.8 Å². The molecule has 5 heteroatoms. The van der Waals surface area contributed by atoms with Crippen LogP contribution < -0.4 is 0 Å². The predicted molar refractivity (Wildman–Crippen MR) is 242 cm³/mol. The Morgan fingerprint density at radius 1 is 0.411 bits per heavy atom. The predicted octanol–water partition coefficient (Wildman–Crippen LogP) is 15.3. The molecule has 0 aromatic heterocycles. The molecule has 0 N–H and O–H groups in total. The van der Waals surface area contributed by atoms with Crippen LogP contribution in [0.4, 0.5) is 0 Å². The maximum atomic E-state index is 12.7. The highest BCUT2D eigenvalue weighted by molar-refractivity contribution is 5.70. The van der Waals surface area contributed by atoms with E-state index in [1.165, 1.54) is 77.0 Å². The van der Waals surface area contributed by atoms with E-state index in [4.69, 9.17) is 14.2 Å². The Labute approximate surface area is 346 Å². The number of ether oxygens (including phenoxy) is 3. The molecule has 0 bridgehead atoms. The minimum Gasteiger partial charge on any atom is -0.462 e. The summed E-state index contributed by atoms with van der Waals surface area (Å²) >= 11 is 0. The number of allylic oxidation sites excluding steroid dienone is 14. The van der Waals surface area contributed by atoms with Crippen LogP contribution in [0, 0.1) is 0 Å². The molecule has 0 heterocycles. The van der Waals surface area contributed by atoms with Crippen LogP contribution in [-0.4, -0.2) is 37.9 Å². The first-order chi connectivity index (χ1) is 27.6. The van der Waals surface area contributed by atoms with E-state index in [0.29, 0.717) is 25.9 Å². The Morgan fingerprint density at radius 2 is 0.839 bits per heavy atom. The molecule has 0 aliphatic heterocycles. The topological polar surface area (TPSA) is 61.8 Å². The van der Waals surface area contributed by atoms with Gasteiger partial charge in [0.25, 0.3) is 0 Å². The first-order valence-corrected chi connectivity index (χ1v) is 23.1. The van der Waals surface area contributed by atoms with Crippen LogP contribution >= 0.6 is 0 Å². The summed E-state index contributed by atoms with van der Waals surface area (Å²) in [5, 5.41) is 0. The monoisotopic (exact) mass is 779 g/mol. The Morgan fingerprint density at radius 3 is 1.36 bits per heavy atom. The Kier molecular flexibility index (Phi) is 44.0. The van der Waals surface area contributed by atoms with Crippen LogP contribution in [0.1, 0.15) is 201 Å². The van der Waals surface area contributed by atoms with E-state index in [1.54, 1.807) is 0 Å². The molecule has 0 aliphatic carbocycles. The second kappa shape index (κ2) is 46.5. The van der Waals surface area contributed by atoms with Crippen molar-refractivity contribution < 1.29 is 23.8 Å². The van der Waals surface area contributed by atoms with Crippen molar-refractivity contribution in [1.82, 2.24) is 0 Å². The van der Waals surface area contributed by atoms with Crippen LogP contribution in [0.25, 0.3) is 0 Å². The summed E-state index contributed by atoms with van der Waals surface area (Å²) in [7, 11) is 0. The standard InChI is InChI=1S/C51H86O5/c1-4-7-10-13-16-19-22-24-25-26-28-31-34-37-40-43-46-54-47-49(56-51(53)45-42-39-36-33-29-21-18-15-12-9-6-3)48-55-50(52)44-41-38-35-32-30-27-23-20-17-14-11-8-5-2/h7-8,10-11,16-17,19-20,24-25,27,30,35,38,49H,4-6,9,12-15,18,21-23,26,28-29,31-34,36-37,39-48H2,1-3H3/b10-7-,11-8-,19-16-,20-17-,25-24-,30-27-,38-35-. The summed E-state index contributed by atoms with van der Waals surface area (Å²) in [5.41, 5.74) is 0. The second-order valence-electron chi connectivity index (χ2n) is 14.9. The summed E-state index contributed by atoms with van der Waals surface area (Å²) in [6.45, 7) is 7.48. The second-order valence-corrected chi connectivity index (χ2v) is 14.9. The van der Waals surface area contributed by atoms with Crippen molar-refractivity contribution in [3.05, 3.63) is 85.1 Å². The van der Waals surface area contributed by atoms with Crippen molar-refractivity contribution in [3.63, 3.8) is 0 Å². The summed E-state index contributed by atoms with van der Waals surface area (Å²) < 4.78 is 17.2. The van der Waals surface area contributed by atoms with E-state index >= 15 is 0 Å². The maximum Gasteiger partial charge on any atom is 0.306 e. The largest absolute Gasteiger partial charge is 0.462 e. The molecule has 1 unspecified atom stereocenters. The number of rotatable bonds is 41. The minimum atomic E-state index is -0.571. The number of hydrogen-bond acceptors (Lipinski definition) is 5. The van der Waals surface area contributed by atoms with E-state index in [1.807, 2.05) is 6.08 Å². The Bertz CT molecular complexity index is 1060. The summed E-state index contributed by atoms with van der Waals surface area (Å²) in [5.74, 6) is -0.502. The van der Waals surface area contributed by atoms with Gasteiger partial charge in [-0.25, -0.2) is 0 Å². The Balaban J connectivity index is 4.37. The van der Waals surface area contributed by atoms with Crippen molar-refractivity contribution in [2.45, 2.75) is 207 Å². The summed E-state index contributed by atoms with van der Waals surface area (Å²) in [6, 6.07) is 0. The van der Waals surface area contributed by atoms with Gasteiger partial charge in [0.15, 0.2) is 6.10 Å². The molecule has 0 aliphatic rings. The van der Waals surface area contributed by atoms with Gasteiger partial charge < -0.3 is 14.2 Å². The molecule has 0 aromatic carbocycles. The van der Waals surface area contributed by atoms with Crippen molar-refractivity contribution in [2.24, 2.45) is 0 Å². The fraction of sp³-hybridized carbons (Fsp3) is 0.686. The first-order valence-electron chi connectivity index (χ1n) is 23.1. The van der Waals surface area contributed by atoms with Crippen LogP contribution in [-0.2, 0) is 23.8 Å². The molecule has 1 atom stereocenters. The Hall–Kier alpha value is -2.92. The highest BCUT2D eigenvalue weighted by Gasteiger charge is 2.17. The molecule has 56 heavy (non-hydrogen) atoms. The molecular weight excluding hydrogens is 693 g/mol. The van der Waals surface area contributed by atoms with Crippen LogP contribution in [0.15, 0.2) is 85.1 Å². The SMILES string of the molecule is CC/C=C\C/C=C\C/C=C\C/C=C\CCC(=O)OCC(COCCCCCCCC/C=C\C/C=C\C/C=C\CC)OC(=O)CCCCCCCCCCCCC. The van der Waals surface area contributed by atoms with Gasteiger partial charge in [0, 0.05) is 19.4 Å². The fourth-order valence-corrected chi connectivity index (χ4v) is 6.07. The molecule has 0 spiro atoms. The smallest absolute Gasteiger partial charge is 0.306 e. The van der Waals surface area contributed by atoms with Gasteiger partial charge in [0.05, 0.1) is 6.61 Å². The highest BCUT2D eigenvalue weighted by Crippen LogP contribution is 2.13. The third kappa shape index (κ3) is 43.8. The molecule has 0 saturated heterocycles. The minimum absolute atomic E-state index is 0.0398. The van der Waals surface area contributed by atoms with Crippen LogP contribution in [0.3, 0.4) is 0 Å². The molecule has 320 valence electrons. The molecule has 0 rings (SSSR count). The van der Waals surface area contributed by atoms with Gasteiger partial charge in [0.1, 0.15) is 6.61 Å². The number of esters is 2. The number of carbonyl (C=O) groups is 2. The highest BCUT2D eigenvalue weighted by atomic mass is 16.6. The zero-order valence-corrected chi connectivity index (χ0v) is 36.6. The lowest BCUT2D eigenvalue weighted by molar-refractivity contribution is -0.162. The first kappa shape index (κ1) is 53.1. The van der Waals surface area contributed by atoms with Gasteiger partial charge in [-0.3, -0.25) is 9.59 Å². The summed E-state index contributed by atoms with van der Waals surface area (Å²) in [6.07, 6.45) is 60.2. The molecule has 0 saturated carbocycles. The van der Waals surface area contributed by atoms with E-state index in [9.17, 15) is 9.59 Å². The van der Waals surface area contributed by atoms with Crippen LogP contribution in [0.2, 0.25) is 0 Å². The van der Waals surface area contributed by atoms with Gasteiger partial charge >= 0.3 is 11.9 Å². The van der Waals surface area contributed by atoms with E-state index in [-0.39, 0.29) is 25.2 Å². The number of unbranched alkanes of at least 4 members (excludes halogenated alkanes) is 16. The number of hydrogen-bond donors (Lipinski definition) is 0. The van der Waals surface area contributed by atoms with Crippen molar-refractivity contribution >= 4 is 11.9 Å². The molecule has 0 aromatic rings. The average Bonchev–Trinajstić information content (AvgIpc) is 3.20. The van der Waals surface area contributed by atoms with Crippen molar-refractivity contribution in [3.8, 4) is 0 Å². The zero-order chi connectivity index (χ0) is 40.7. The molecule has 0 radical (unpaired) electrons. The molecular formula is C51H86O5. The van der Waals surface area contributed by atoms with Crippen LogP contribution in [0.5, 0.6) is 0 Å². The molecule has 5 nitrogen and oxygen atoms in total. The lowest BCUT2D eigenvalue weighted by Gasteiger charge is -2.18. The lowest BCUT2D eigenvalue weighted by atomic mass is 10.1. The van der Waals surface area contributed by atoms with Gasteiger partial charge in [-0.1, -0.05) is 196 Å². The normalized spacial score (nSPS) is 13.0. The molecule has 0 amide bonds. The molecule has 0 fully saturated rings. The van der Waals surface area contributed by atoms with E-state index < -0.39 is 6.10 Å². The van der Waals surface area contributed by atoms with Gasteiger partial charge in [-0.15, -0.1) is 0 Å². The lowest BCUT2D eigenvalue weighted by Crippen LogP contribution is -2.30. The van der Waals surface area contributed by atoms with Gasteiger partial charge in [-0.2, -0.15) is 0 Å². The number of carbonyl (C=O) groups excluding carboxylic acids is 2. The van der Waals surface area contributed by atoms with Gasteiger partial charge in [0.2, 0.25) is 0 Å². The zero-order valence-electron chi connectivity index (χ0n) is 36.6. The fourth-order valence-electron chi connectivity index (χ4n) is 6.07. The maximum absolute atomic E-state index is 12.7. The quantitative estimate of drug-likeness (QED) is 0.0351. The van der Waals surface area contributed by atoms with E-state index in [2.05, 4.69) is 99.8 Å². The third-order valence-electron chi connectivity index (χ3n) is 9.44. The third-order valence-corrected chi connectivity index (χ3v) is 9.44. The summed E-state index contributed by atoms with van der Waals surface area (Å²) in [4.78, 5) is 25.2. The van der Waals surface area contributed by atoms with E-state index in [0.717, 1.165) is 83.5 Å². The van der Waals surface area contributed by atoms with Crippen molar-refractivity contribution in [1.29, 1.82) is 0 Å².